The van der Waals surface area contributed by atoms with Crippen LogP contribution >= 0.6 is 11.8 Å². The Hall–Kier alpha value is -1.53. The lowest BCUT2D eigenvalue weighted by atomic mass is 10.0. The van der Waals surface area contributed by atoms with Gasteiger partial charge in [-0.15, -0.1) is 0 Å². The zero-order chi connectivity index (χ0) is 15.5. The quantitative estimate of drug-likeness (QED) is 0.633. The summed E-state index contributed by atoms with van der Waals surface area (Å²) in [6.45, 7) is 5.88. The van der Waals surface area contributed by atoms with Crippen LogP contribution in [0.2, 0.25) is 0 Å². The van der Waals surface area contributed by atoms with Crippen LogP contribution in [0.25, 0.3) is 11.0 Å². The highest BCUT2D eigenvalue weighted by Crippen LogP contribution is 2.22. The molecule has 2 rings (SSSR count). The molecule has 5 nitrogen and oxygen atoms in total. The molecule has 1 aromatic carbocycles. The average Bonchev–Trinajstić information content (AvgIpc) is 2.80. The molecule has 0 amide bonds. The number of nitrogens with zero attached hydrogens (tertiary/aromatic N) is 1. The van der Waals surface area contributed by atoms with E-state index in [9.17, 15) is 4.79 Å². The number of hydrogen-bond acceptors (Lipinski definition) is 5. The molecule has 0 saturated carbocycles. The predicted octanol–water partition coefficient (Wildman–Crippen LogP) is 2.63. The molecule has 0 aliphatic rings. The van der Waals surface area contributed by atoms with Crippen molar-refractivity contribution in [1.29, 1.82) is 0 Å². The summed E-state index contributed by atoms with van der Waals surface area (Å²) in [7, 11) is 0. The van der Waals surface area contributed by atoms with Gasteiger partial charge in [-0.1, -0.05) is 17.8 Å². The molecular formula is C15H21N3O2S. The SMILES string of the molecule is CCOC(=O)C(C)(N)CCSc1nc2ccc(C)cc2[nH]1. The Morgan fingerprint density at radius 3 is 3.00 bits per heavy atom. The lowest BCUT2D eigenvalue weighted by Crippen LogP contribution is -2.46. The second-order valence-electron chi connectivity index (χ2n) is 5.30. The van der Waals surface area contributed by atoms with E-state index >= 15 is 0 Å². The number of carbonyl (C=O) groups is 1. The maximum Gasteiger partial charge on any atom is 0.325 e. The Labute approximate surface area is 128 Å². The van der Waals surface area contributed by atoms with Crippen LogP contribution in [0.15, 0.2) is 23.4 Å². The number of aromatic amines is 1. The van der Waals surface area contributed by atoms with Gasteiger partial charge in [0.1, 0.15) is 5.54 Å². The molecule has 0 bridgehead atoms. The van der Waals surface area contributed by atoms with Crippen LogP contribution in [-0.4, -0.2) is 33.8 Å². The van der Waals surface area contributed by atoms with Crippen LogP contribution in [0.1, 0.15) is 25.8 Å². The second kappa shape index (κ2) is 6.49. The predicted molar refractivity (Wildman–Crippen MR) is 85.4 cm³/mol. The number of aryl methyl sites for hydroxylation is 1. The highest BCUT2D eigenvalue weighted by atomic mass is 32.2. The molecule has 3 N–H and O–H groups in total. The van der Waals surface area contributed by atoms with E-state index in [1.165, 1.54) is 5.56 Å². The summed E-state index contributed by atoms with van der Waals surface area (Å²) in [5.41, 5.74) is 8.20. The van der Waals surface area contributed by atoms with E-state index in [0.29, 0.717) is 18.8 Å². The maximum atomic E-state index is 11.7. The molecule has 114 valence electrons. The zero-order valence-electron chi connectivity index (χ0n) is 12.6. The van der Waals surface area contributed by atoms with Crippen molar-refractivity contribution in [2.75, 3.05) is 12.4 Å². The average molecular weight is 307 g/mol. The van der Waals surface area contributed by atoms with Crippen LogP contribution in [-0.2, 0) is 9.53 Å². The van der Waals surface area contributed by atoms with Gasteiger partial charge in [-0.25, -0.2) is 4.98 Å². The van der Waals surface area contributed by atoms with E-state index < -0.39 is 5.54 Å². The molecule has 1 atom stereocenters. The first-order valence-corrected chi connectivity index (χ1v) is 7.96. The van der Waals surface area contributed by atoms with E-state index in [4.69, 9.17) is 10.5 Å². The van der Waals surface area contributed by atoms with Gasteiger partial charge in [-0.2, -0.15) is 0 Å². The van der Waals surface area contributed by atoms with Crippen molar-refractivity contribution in [3.63, 3.8) is 0 Å². The minimum atomic E-state index is -0.953. The van der Waals surface area contributed by atoms with Gasteiger partial charge in [-0.3, -0.25) is 4.79 Å². The van der Waals surface area contributed by atoms with Crippen molar-refractivity contribution >= 4 is 28.8 Å². The molecule has 6 heteroatoms. The number of thioether (sulfide) groups is 1. The number of benzene rings is 1. The number of nitrogens with one attached hydrogen (secondary N) is 1. The molecular weight excluding hydrogens is 286 g/mol. The van der Waals surface area contributed by atoms with Crippen LogP contribution in [0.4, 0.5) is 0 Å². The Morgan fingerprint density at radius 2 is 2.29 bits per heavy atom. The number of nitrogens with two attached hydrogens (primary N) is 1. The first kappa shape index (κ1) is 15.9. The first-order chi connectivity index (χ1) is 9.92. The number of hydrogen-bond donors (Lipinski definition) is 2. The molecule has 0 aliphatic carbocycles. The first-order valence-electron chi connectivity index (χ1n) is 6.97. The zero-order valence-corrected chi connectivity index (χ0v) is 13.4. The van der Waals surface area contributed by atoms with Crippen molar-refractivity contribution in [1.82, 2.24) is 9.97 Å². The van der Waals surface area contributed by atoms with Crippen molar-refractivity contribution in [2.45, 2.75) is 37.9 Å². The number of fused-ring (bicyclic) bond motifs is 1. The molecule has 0 spiro atoms. The summed E-state index contributed by atoms with van der Waals surface area (Å²) in [5, 5.41) is 0.843. The molecule has 1 unspecified atom stereocenters. The van der Waals surface area contributed by atoms with Gasteiger partial charge >= 0.3 is 5.97 Å². The van der Waals surface area contributed by atoms with Gasteiger partial charge in [0.15, 0.2) is 5.16 Å². The second-order valence-corrected chi connectivity index (χ2v) is 6.38. The largest absolute Gasteiger partial charge is 0.465 e. The molecule has 0 fully saturated rings. The number of carbonyl (C=O) groups excluding carboxylic acids is 1. The standard InChI is InChI=1S/C15H21N3O2S/c1-4-20-13(19)15(3,16)7-8-21-14-17-11-6-5-10(2)9-12(11)18-14/h5-6,9H,4,7-8,16H2,1-3H3,(H,17,18). The molecule has 0 aliphatic heterocycles. The summed E-state index contributed by atoms with van der Waals surface area (Å²) >= 11 is 1.56. The van der Waals surface area contributed by atoms with Crippen LogP contribution in [0, 0.1) is 6.92 Å². The summed E-state index contributed by atoms with van der Waals surface area (Å²) in [6.07, 6.45) is 0.534. The molecule has 0 saturated heterocycles. The Balaban J connectivity index is 1.94. The van der Waals surface area contributed by atoms with Crippen LogP contribution in [0.3, 0.4) is 0 Å². The highest BCUT2D eigenvalue weighted by Gasteiger charge is 2.29. The fraction of sp³-hybridized carbons (Fsp3) is 0.467. The third kappa shape index (κ3) is 3.98. The monoisotopic (exact) mass is 307 g/mol. The number of H-pyrrole nitrogens is 1. The van der Waals surface area contributed by atoms with Gasteiger partial charge in [-0.05, 0) is 44.9 Å². The minimum Gasteiger partial charge on any atom is -0.465 e. The molecule has 0 radical (unpaired) electrons. The van der Waals surface area contributed by atoms with Gasteiger partial charge in [0, 0.05) is 5.75 Å². The van der Waals surface area contributed by atoms with Crippen LogP contribution < -0.4 is 5.73 Å². The van der Waals surface area contributed by atoms with Crippen LogP contribution in [0.5, 0.6) is 0 Å². The maximum absolute atomic E-state index is 11.7. The third-order valence-corrected chi connectivity index (χ3v) is 4.09. The minimum absolute atomic E-state index is 0.349. The van der Waals surface area contributed by atoms with E-state index in [0.717, 1.165) is 16.2 Å². The van der Waals surface area contributed by atoms with E-state index in [2.05, 4.69) is 16.0 Å². The lowest BCUT2D eigenvalue weighted by molar-refractivity contribution is -0.149. The summed E-state index contributed by atoms with van der Waals surface area (Å²) in [5.74, 6) is 0.343. The molecule has 21 heavy (non-hydrogen) atoms. The van der Waals surface area contributed by atoms with Crippen molar-refractivity contribution in [2.24, 2.45) is 5.73 Å². The number of imidazole rings is 1. The van der Waals surface area contributed by atoms with E-state index in [-0.39, 0.29) is 5.97 Å². The summed E-state index contributed by atoms with van der Waals surface area (Å²) < 4.78 is 4.97. The van der Waals surface area contributed by atoms with Crippen molar-refractivity contribution in [3.8, 4) is 0 Å². The topological polar surface area (TPSA) is 81.0 Å². The summed E-state index contributed by atoms with van der Waals surface area (Å²) in [6, 6.07) is 6.10. The van der Waals surface area contributed by atoms with Gasteiger partial charge < -0.3 is 15.5 Å². The number of aromatic nitrogens is 2. The number of esters is 1. The number of rotatable bonds is 6. The van der Waals surface area contributed by atoms with Gasteiger partial charge in [0.25, 0.3) is 0 Å². The van der Waals surface area contributed by atoms with Crippen molar-refractivity contribution in [3.05, 3.63) is 23.8 Å². The summed E-state index contributed by atoms with van der Waals surface area (Å²) in [4.78, 5) is 19.5. The Bertz CT molecular complexity index is 637. The smallest absolute Gasteiger partial charge is 0.325 e. The van der Waals surface area contributed by atoms with Crippen molar-refractivity contribution < 1.29 is 9.53 Å². The fourth-order valence-electron chi connectivity index (χ4n) is 1.93. The van der Waals surface area contributed by atoms with E-state index in [1.807, 2.05) is 19.1 Å². The molecule has 1 aromatic heterocycles. The Kier molecular flexibility index (Phi) is 4.90. The number of ether oxygens (including phenoxy) is 1. The molecule has 2 aromatic rings. The van der Waals surface area contributed by atoms with Gasteiger partial charge in [0.05, 0.1) is 17.6 Å². The highest BCUT2D eigenvalue weighted by molar-refractivity contribution is 7.99. The van der Waals surface area contributed by atoms with E-state index in [1.54, 1.807) is 25.6 Å². The third-order valence-electron chi connectivity index (χ3n) is 3.22. The molecule has 1 heterocycles. The lowest BCUT2D eigenvalue weighted by Gasteiger charge is -2.21. The Morgan fingerprint density at radius 1 is 1.52 bits per heavy atom. The normalized spacial score (nSPS) is 14.1. The van der Waals surface area contributed by atoms with Gasteiger partial charge in [0.2, 0.25) is 0 Å². The fourth-order valence-corrected chi connectivity index (χ4v) is 2.99.